The summed E-state index contributed by atoms with van der Waals surface area (Å²) in [5.41, 5.74) is 1.64. The smallest absolute Gasteiger partial charge is 0.254 e. The van der Waals surface area contributed by atoms with E-state index in [0.717, 1.165) is 24.1 Å². The van der Waals surface area contributed by atoms with E-state index in [2.05, 4.69) is 5.32 Å². The van der Waals surface area contributed by atoms with Crippen molar-refractivity contribution < 1.29 is 9.53 Å². The van der Waals surface area contributed by atoms with Gasteiger partial charge in [-0.2, -0.15) is 0 Å². The van der Waals surface area contributed by atoms with E-state index in [1.54, 1.807) is 0 Å². The van der Waals surface area contributed by atoms with Gasteiger partial charge < -0.3 is 15.0 Å². The molecule has 1 unspecified atom stereocenters. The molecule has 1 saturated heterocycles. The summed E-state index contributed by atoms with van der Waals surface area (Å²) in [5.74, 6) is 0.116. The number of carbonyl (C=O) groups is 1. The number of hydrogen-bond donors (Lipinski definition) is 1. The van der Waals surface area contributed by atoms with E-state index in [4.69, 9.17) is 4.74 Å². The number of likely N-dealkylation sites (N-methyl/N-ethyl adjacent to an activating group) is 1. The van der Waals surface area contributed by atoms with E-state index in [1.807, 2.05) is 57.0 Å². The summed E-state index contributed by atoms with van der Waals surface area (Å²) in [7, 11) is 1.93. The first-order valence-corrected chi connectivity index (χ1v) is 7.62. The summed E-state index contributed by atoms with van der Waals surface area (Å²) >= 11 is 0. The van der Waals surface area contributed by atoms with Gasteiger partial charge in [0, 0.05) is 18.7 Å². The average molecular weight is 290 g/mol. The zero-order valence-electron chi connectivity index (χ0n) is 13.5. The first kappa shape index (κ1) is 16.0. The molecule has 1 amide bonds. The largest absolute Gasteiger partial charge is 0.369 e. The normalized spacial score (nSPS) is 21.3. The van der Waals surface area contributed by atoms with Crippen molar-refractivity contribution >= 4 is 5.91 Å². The second kappa shape index (κ2) is 6.58. The van der Waals surface area contributed by atoms with E-state index < -0.39 is 0 Å². The minimum absolute atomic E-state index is 0.0715. The summed E-state index contributed by atoms with van der Waals surface area (Å²) in [4.78, 5) is 14.8. The van der Waals surface area contributed by atoms with Gasteiger partial charge in [-0.1, -0.05) is 18.2 Å². The number of rotatable bonds is 4. The highest BCUT2D eigenvalue weighted by atomic mass is 16.5. The fourth-order valence-electron chi connectivity index (χ4n) is 2.99. The molecule has 1 fully saturated rings. The van der Waals surface area contributed by atoms with Crippen LogP contribution in [-0.2, 0) is 11.2 Å². The van der Waals surface area contributed by atoms with E-state index in [9.17, 15) is 4.79 Å². The van der Waals surface area contributed by atoms with Gasteiger partial charge in [-0.3, -0.25) is 4.79 Å². The predicted octanol–water partition coefficient (Wildman–Crippen LogP) is 2.09. The topological polar surface area (TPSA) is 41.6 Å². The van der Waals surface area contributed by atoms with Gasteiger partial charge in [0.2, 0.25) is 0 Å². The summed E-state index contributed by atoms with van der Waals surface area (Å²) in [6, 6.07) is 7.90. The highest BCUT2D eigenvalue weighted by Crippen LogP contribution is 2.23. The van der Waals surface area contributed by atoms with Crippen LogP contribution in [-0.4, -0.2) is 49.2 Å². The molecule has 0 spiro atoms. The highest BCUT2D eigenvalue weighted by Gasteiger charge is 2.34. The molecule has 4 heteroatoms. The SMILES string of the molecule is CNCCc1ccccc1C(=O)N1CC(C)OC(C)(C)C1. The maximum absolute atomic E-state index is 12.9. The quantitative estimate of drug-likeness (QED) is 0.923. The monoisotopic (exact) mass is 290 g/mol. The second-order valence-corrected chi connectivity index (χ2v) is 6.38. The molecule has 1 aliphatic heterocycles. The van der Waals surface area contributed by atoms with Crippen LogP contribution >= 0.6 is 0 Å². The minimum atomic E-state index is -0.284. The summed E-state index contributed by atoms with van der Waals surface area (Å²) < 4.78 is 5.88. The Morgan fingerprint density at radius 3 is 2.81 bits per heavy atom. The fraction of sp³-hybridized carbons (Fsp3) is 0.588. The zero-order valence-corrected chi connectivity index (χ0v) is 13.5. The van der Waals surface area contributed by atoms with Crippen LogP contribution in [0.2, 0.25) is 0 Å². The molecule has 1 aromatic rings. The average Bonchev–Trinajstić information content (AvgIpc) is 2.42. The van der Waals surface area contributed by atoms with Crippen molar-refractivity contribution in [1.82, 2.24) is 10.2 Å². The third kappa shape index (κ3) is 4.05. The highest BCUT2D eigenvalue weighted by molar-refractivity contribution is 5.95. The summed E-state index contributed by atoms with van der Waals surface area (Å²) in [6.07, 6.45) is 0.934. The zero-order chi connectivity index (χ0) is 15.5. The lowest BCUT2D eigenvalue weighted by Gasteiger charge is -2.41. The Kier molecular flexibility index (Phi) is 5.01. The predicted molar refractivity (Wildman–Crippen MR) is 84.6 cm³/mol. The Labute approximate surface area is 127 Å². The van der Waals surface area contributed by atoms with E-state index in [0.29, 0.717) is 13.1 Å². The molecule has 0 saturated carbocycles. The molecule has 0 aromatic heterocycles. The Morgan fingerprint density at radius 2 is 2.14 bits per heavy atom. The summed E-state index contributed by atoms with van der Waals surface area (Å²) in [5, 5.41) is 3.14. The van der Waals surface area contributed by atoms with Crippen molar-refractivity contribution in [3.63, 3.8) is 0 Å². The van der Waals surface area contributed by atoms with Crippen LogP contribution < -0.4 is 5.32 Å². The number of ether oxygens (including phenoxy) is 1. The molecule has 4 nitrogen and oxygen atoms in total. The number of amides is 1. The first-order valence-electron chi connectivity index (χ1n) is 7.62. The standard InChI is InChI=1S/C17H26N2O2/c1-13-11-19(12-17(2,3)21-13)16(20)15-8-6-5-7-14(15)9-10-18-4/h5-8,13,18H,9-12H2,1-4H3. The van der Waals surface area contributed by atoms with Crippen LogP contribution in [0.25, 0.3) is 0 Å². The van der Waals surface area contributed by atoms with Crippen LogP contribution in [0.5, 0.6) is 0 Å². The Balaban J connectivity index is 2.19. The van der Waals surface area contributed by atoms with Crippen molar-refractivity contribution in [3.8, 4) is 0 Å². The Bertz CT molecular complexity index is 499. The van der Waals surface area contributed by atoms with Gasteiger partial charge in [-0.25, -0.2) is 0 Å². The van der Waals surface area contributed by atoms with Crippen molar-refractivity contribution in [2.24, 2.45) is 0 Å². The van der Waals surface area contributed by atoms with Crippen molar-refractivity contribution in [2.75, 3.05) is 26.7 Å². The number of benzene rings is 1. The first-order chi connectivity index (χ1) is 9.93. The molecule has 0 bridgehead atoms. The van der Waals surface area contributed by atoms with Gasteiger partial charge in [0.15, 0.2) is 0 Å². The maximum Gasteiger partial charge on any atom is 0.254 e. The number of morpholine rings is 1. The van der Waals surface area contributed by atoms with Gasteiger partial charge in [-0.15, -0.1) is 0 Å². The lowest BCUT2D eigenvalue weighted by atomic mass is 10.0. The van der Waals surface area contributed by atoms with Gasteiger partial charge in [0.1, 0.15) is 0 Å². The van der Waals surface area contributed by atoms with Crippen molar-refractivity contribution in [3.05, 3.63) is 35.4 Å². The molecular weight excluding hydrogens is 264 g/mol. The molecule has 1 aliphatic rings. The van der Waals surface area contributed by atoms with Crippen LogP contribution in [0.15, 0.2) is 24.3 Å². The second-order valence-electron chi connectivity index (χ2n) is 6.38. The van der Waals surface area contributed by atoms with Crippen molar-refractivity contribution in [2.45, 2.75) is 38.9 Å². The third-order valence-electron chi connectivity index (χ3n) is 3.75. The van der Waals surface area contributed by atoms with E-state index >= 15 is 0 Å². The van der Waals surface area contributed by atoms with Crippen LogP contribution in [0.3, 0.4) is 0 Å². The van der Waals surface area contributed by atoms with Gasteiger partial charge >= 0.3 is 0 Å². The fourth-order valence-corrected chi connectivity index (χ4v) is 2.99. The lowest BCUT2D eigenvalue weighted by Crippen LogP contribution is -2.53. The van der Waals surface area contributed by atoms with Gasteiger partial charge in [0.05, 0.1) is 11.7 Å². The Morgan fingerprint density at radius 1 is 1.43 bits per heavy atom. The Hall–Kier alpha value is -1.39. The van der Waals surface area contributed by atoms with Crippen LogP contribution in [0.1, 0.15) is 36.7 Å². The summed E-state index contributed by atoms with van der Waals surface area (Å²) in [6.45, 7) is 8.26. The molecule has 0 radical (unpaired) electrons. The molecule has 1 atom stereocenters. The molecule has 2 rings (SSSR count). The molecule has 1 heterocycles. The number of carbonyl (C=O) groups excluding carboxylic acids is 1. The van der Waals surface area contributed by atoms with Crippen LogP contribution in [0, 0.1) is 0 Å². The number of nitrogens with one attached hydrogen (secondary N) is 1. The van der Waals surface area contributed by atoms with E-state index in [1.165, 1.54) is 0 Å². The van der Waals surface area contributed by atoms with Crippen LogP contribution in [0.4, 0.5) is 0 Å². The number of nitrogens with zero attached hydrogens (tertiary/aromatic N) is 1. The van der Waals surface area contributed by atoms with E-state index in [-0.39, 0.29) is 17.6 Å². The maximum atomic E-state index is 12.9. The molecule has 0 aliphatic carbocycles. The van der Waals surface area contributed by atoms with Gasteiger partial charge in [0.25, 0.3) is 5.91 Å². The third-order valence-corrected chi connectivity index (χ3v) is 3.75. The lowest BCUT2D eigenvalue weighted by molar-refractivity contribution is -0.118. The molecule has 116 valence electrons. The molecule has 1 aromatic carbocycles. The number of hydrogen-bond acceptors (Lipinski definition) is 3. The minimum Gasteiger partial charge on any atom is -0.369 e. The van der Waals surface area contributed by atoms with Gasteiger partial charge in [-0.05, 0) is 52.4 Å². The molecular formula is C17H26N2O2. The molecule has 21 heavy (non-hydrogen) atoms. The molecule has 1 N–H and O–H groups in total. The van der Waals surface area contributed by atoms with Crippen molar-refractivity contribution in [1.29, 1.82) is 0 Å².